The number of benzene rings is 2. The molecule has 2 aliphatic rings. The van der Waals surface area contributed by atoms with Crippen molar-refractivity contribution in [3.8, 4) is 0 Å². The van der Waals surface area contributed by atoms with Gasteiger partial charge in [0.1, 0.15) is 11.6 Å². The van der Waals surface area contributed by atoms with Crippen molar-refractivity contribution in [2.45, 2.75) is 25.4 Å². The monoisotopic (exact) mass is 414 g/mol. The molecule has 30 heavy (non-hydrogen) atoms. The smallest absolute Gasteiger partial charge is 0.227 e. The minimum Gasteiger partial charge on any atom is -0.384 e. The minimum absolute atomic E-state index is 0.0393. The van der Waals surface area contributed by atoms with E-state index in [9.17, 15) is 18.7 Å². The lowest BCUT2D eigenvalue weighted by molar-refractivity contribution is -0.152. The van der Waals surface area contributed by atoms with Crippen LogP contribution in [0.2, 0.25) is 0 Å². The molecule has 4 atom stereocenters. The van der Waals surface area contributed by atoms with Gasteiger partial charge in [-0.15, -0.1) is 0 Å². The molecule has 4 nitrogen and oxygen atoms in total. The summed E-state index contributed by atoms with van der Waals surface area (Å²) < 4.78 is 27.7. The molecule has 2 N–H and O–H groups in total. The van der Waals surface area contributed by atoms with Gasteiger partial charge >= 0.3 is 0 Å². The highest BCUT2D eigenvalue weighted by molar-refractivity contribution is 5.81. The largest absolute Gasteiger partial charge is 0.384 e. The maximum atomic E-state index is 14.4. The fourth-order valence-corrected chi connectivity index (χ4v) is 5.26. The molecular weight excluding hydrogens is 386 g/mol. The summed E-state index contributed by atoms with van der Waals surface area (Å²) in [7, 11) is 0. The fourth-order valence-electron chi connectivity index (χ4n) is 5.26. The maximum absolute atomic E-state index is 14.4. The van der Waals surface area contributed by atoms with Crippen LogP contribution in [0.3, 0.4) is 0 Å². The van der Waals surface area contributed by atoms with Gasteiger partial charge in [0.2, 0.25) is 5.91 Å². The fraction of sp³-hybridized carbons (Fsp3) is 0.458. The molecule has 160 valence electrons. The summed E-state index contributed by atoms with van der Waals surface area (Å²) >= 11 is 0. The van der Waals surface area contributed by atoms with Crippen LogP contribution in [0.1, 0.15) is 30.9 Å². The van der Waals surface area contributed by atoms with Crippen LogP contribution in [-0.4, -0.2) is 42.1 Å². The number of likely N-dealkylation sites (tertiary alicyclic amines) is 1. The van der Waals surface area contributed by atoms with Crippen LogP contribution in [0.25, 0.3) is 0 Å². The van der Waals surface area contributed by atoms with E-state index in [0.29, 0.717) is 31.7 Å². The Labute approximate surface area is 175 Å². The van der Waals surface area contributed by atoms with Crippen molar-refractivity contribution >= 4 is 5.91 Å². The van der Waals surface area contributed by atoms with Gasteiger partial charge in [-0.3, -0.25) is 4.79 Å². The third-order valence-corrected chi connectivity index (χ3v) is 6.93. The molecule has 2 saturated heterocycles. The van der Waals surface area contributed by atoms with Crippen LogP contribution in [0.5, 0.6) is 0 Å². The average molecular weight is 414 g/mol. The molecule has 2 aromatic rings. The van der Waals surface area contributed by atoms with Gasteiger partial charge in [0.25, 0.3) is 0 Å². The van der Waals surface area contributed by atoms with Gasteiger partial charge in [-0.25, -0.2) is 8.78 Å². The van der Waals surface area contributed by atoms with Gasteiger partial charge in [0.05, 0.1) is 11.5 Å². The second-order valence-electron chi connectivity index (χ2n) is 8.77. The van der Waals surface area contributed by atoms with E-state index >= 15 is 0 Å². The normalized spacial score (nSPS) is 31.7. The molecule has 2 aromatic carbocycles. The number of nitrogens with zero attached hydrogens (tertiary/aromatic N) is 1. The van der Waals surface area contributed by atoms with Crippen LogP contribution in [0.4, 0.5) is 8.78 Å². The van der Waals surface area contributed by atoms with Gasteiger partial charge < -0.3 is 15.3 Å². The van der Waals surface area contributed by atoms with E-state index < -0.39 is 23.2 Å². The zero-order valence-corrected chi connectivity index (χ0v) is 17.3. The topological polar surface area (TPSA) is 52.6 Å². The molecule has 2 unspecified atom stereocenters. The third kappa shape index (κ3) is 3.52. The molecule has 1 amide bonds. The van der Waals surface area contributed by atoms with Crippen molar-refractivity contribution in [2.75, 3.05) is 26.2 Å². The van der Waals surface area contributed by atoms with Crippen molar-refractivity contribution in [2.24, 2.45) is 17.8 Å². The molecule has 6 heteroatoms. The Hall–Kier alpha value is -2.31. The lowest BCUT2D eigenvalue weighted by atomic mass is 9.70. The lowest BCUT2D eigenvalue weighted by Crippen LogP contribution is -2.57. The first kappa shape index (κ1) is 20.9. The van der Waals surface area contributed by atoms with Crippen LogP contribution in [0, 0.1) is 29.4 Å². The Morgan fingerprint density at radius 1 is 1.07 bits per heavy atom. The van der Waals surface area contributed by atoms with E-state index in [2.05, 4.69) is 5.32 Å². The molecule has 2 aliphatic heterocycles. The quantitative estimate of drug-likeness (QED) is 0.811. The van der Waals surface area contributed by atoms with Crippen LogP contribution >= 0.6 is 0 Å². The van der Waals surface area contributed by atoms with Gasteiger partial charge in [0, 0.05) is 50.0 Å². The third-order valence-electron chi connectivity index (χ3n) is 6.93. The van der Waals surface area contributed by atoms with E-state index in [1.165, 1.54) is 12.1 Å². The van der Waals surface area contributed by atoms with Crippen LogP contribution in [-0.2, 0) is 10.4 Å². The second kappa shape index (κ2) is 8.08. The number of carbonyl (C=O) groups is 1. The standard InChI is InChI=1S/C24H28F2N2O2/c1-15-13-28(14-16(2)24(15,30)17-6-4-3-5-7-17)23(29)21-12-27-11-20(21)19-9-8-18(25)10-22(19)26/h3-10,15-16,20-21,27,30H,11-14H2,1-2H3/t15?,16?,20-,21+,24?/m0/s1. The Kier molecular flexibility index (Phi) is 5.64. The molecule has 0 radical (unpaired) electrons. The summed E-state index contributed by atoms with van der Waals surface area (Å²) in [6, 6.07) is 13.2. The molecule has 2 heterocycles. The zero-order chi connectivity index (χ0) is 21.5. The summed E-state index contributed by atoms with van der Waals surface area (Å²) in [5.74, 6) is -2.32. The van der Waals surface area contributed by atoms with Gasteiger partial charge in [0.15, 0.2) is 0 Å². The maximum Gasteiger partial charge on any atom is 0.227 e. The number of halogens is 2. The molecule has 0 aliphatic carbocycles. The van der Waals surface area contributed by atoms with Crippen molar-refractivity contribution < 1.29 is 18.7 Å². The molecule has 0 saturated carbocycles. The van der Waals surface area contributed by atoms with E-state index in [-0.39, 0.29) is 23.7 Å². The number of carbonyl (C=O) groups excluding carboxylic acids is 1. The number of amides is 1. The second-order valence-corrected chi connectivity index (χ2v) is 8.77. The highest BCUT2D eigenvalue weighted by Crippen LogP contribution is 2.42. The molecule has 0 aromatic heterocycles. The highest BCUT2D eigenvalue weighted by Gasteiger charge is 2.48. The van der Waals surface area contributed by atoms with E-state index in [0.717, 1.165) is 11.6 Å². The zero-order valence-electron chi connectivity index (χ0n) is 17.3. The van der Waals surface area contributed by atoms with Crippen molar-refractivity contribution in [1.29, 1.82) is 0 Å². The highest BCUT2D eigenvalue weighted by atomic mass is 19.1. The van der Waals surface area contributed by atoms with Crippen molar-refractivity contribution in [3.63, 3.8) is 0 Å². The molecule has 2 fully saturated rings. The van der Waals surface area contributed by atoms with Gasteiger partial charge in [-0.1, -0.05) is 50.2 Å². The van der Waals surface area contributed by atoms with E-state index in [1.807, 2.05) is 44.2 Å². The Balaban J connectivity index is 1.54. The number of rotatable bonds is 3. The minimum atomic E-state index is -1.01. The number of aliphatic hydroxyl groups is 1. The van der Waals surface area contributed by atoms with Crippen molar-refractivity contribution in [1.82, 2.24) is 10.2 Å². The predicted molar refractivity (Wildman–Crippen MR) is 111 cm³/mol. The molecular formula is C24H28F2N2O2. The lowest BCUT2D eigenvalue weighted by Gasteiger charge is -2.48. The van der Waals surface area contributed by atoms with Gasteiger partial charge in [-0.2, -0.15) is 0 Å². The number of piperidine rings is 1. The van der Waals surface area contributed by atoms with Gasteiger partial charge in [-0.05, 0) is 17.2 Å². The number of nitrogens with one attached hydrogen (secondary N) is 1. The first-order valence-electron chi connectivity index (χ1n) is 10.5. The molecule has 4 rings (SSSR count). The molecule has 0 spiro atoms. The first-order chi connectivity index (χ1) is 14.3. The number of hydrogen-bond donors (Lipinski definition) is 2. The summed E-state index contributed by atoms with van der Waals surface area (Å²) in [6.07, 6.45) is 0. The predicted octanol–water partition coefficient (Wildman–Crippen LogP) is 3.27. The summed E-state index contributed by atoms with van der Waals surface area (Å²) in [5.41, 5.74) is 0.235. The number of hydrogen-bond acceptors (Lipinski definition) is 3. The Bertz CT molecular complexity index is 909. The summed E-state index contributed by atoms with van der Waals surface area (Å²) in [6.45, 7) is 5.74. The molecule has 0 bridgehead atoms. The van der Waals surface area contributed by atoms with E-state index in [1.54, 1.807) is 4.90 Å². The summed E-state index contributed by atoms with van der Waals surface area (Å²) in [4.78, 5) is 15.2. The average Bonchev–Trinajstić information content (AvgIpc) is 3.21. The Morgan fingerprint density at radius 2 is 1.73 bits per heavy atom. The van der Waals surface area contributed by atoms with Crippen molar-refractivity contribution in [3.05, 3.63) is 71.3 Å². The van der Waals surface area contributed by atoms with Crippen LogP contribution < -0.4 is 5.32 Å². The first-order valence-corrected chi connectivity index (χ1v) is 10.5. The van der Waals surface area contributed by atoms with Crippen LogP contribution in [0.15, 0.2) is 48.5 Å². The SMILES string of the molecule is CC1CN(C(=O)[C@@H]2CNC[C@H]2c2ccc(F)cc2F)CC(C)C1(O)c1ccccc1. The Morgan fingerprint density at radius 3 is 2.37 bits per heavy atom. The van der Waals surface area contributed by atoms with E-state index in [4.69, 9.17) is 0 Å². The summed E-state index contributed by atoms with van der Waals surface area (Å²) in [5, 5.41) is 14.7.